The molecule has 1 heterocycles. The van der Waals surface area contributed by atoms with Crippen molar-refractivity contribution in [1.82, 2.24) is 4.37 Å². The van der Waals surface area contributed by atoms with Gasteiger partial charge in [-0.25, -0.2) is 0 Å². The molecule has 0 radical (unpaired) electrons. The number of anilines is 1. The van der Waals surface area contributed by atoms with E-state index in [2.05, 4.69) is 16.3 Å². The van der Waals surface area contributed by atoms with Crippen LogP contribution in [0.25, 0.3) is 0 Å². The molecule has 0 aliphatic carbocycles. The van der Waals surface area contributed by atoms with Crippen LogP contribution in [-0.4, -0.2) is 10.9 Å². The highest BCUT2D eigenvalue weighted by molar-refractivity contribution is 7.03. The Morgan fingerprint density at radius 3 is 3.33 bits per heavy atom. The molecule has 2 nitrogen and oxygen atoms in total. The summed E-state index contributed by atoms with van der Waals surface area (Å²) >= 11 is 1.44. The van der Waals surface area contributed by atoms with E-state index in [4.69, 9.17) is 0 Å². The molecule has 0 saturated carbocycles. The topological polar surface area (TPSA) is 24.9 Å². The fourth-order valence-corrected chi connectivity index (χ4v) is 0.970. The summed E-state index contributed by atoms with van der Waals surface area (Å²) in [6, 6.07) is 1.94. The molecule has 1 N–H and O–H groups in total. The zero-order valence-corrected chi connectivity index (χ0v) is 5.82. The smallest absolute Gasteiger partial charge is 0.139 e. The highest BCUT2D eigenvalue weighted by Crippen LogP contribution is 2.04. The molecule has 0 atom stereocenters. The molecule has 9 heavy (non-hydrogen) atoms. The molecular formula is C6H8N2S. The van der Waals surface area contributed by atoms with Crippen LogP contribution in [0.5, 0.6) is 0 Å². The van der Waals surface area contributed by atoms with Crippen molar-refractivity contribution in [3.05, 3.63) is 24.1 Å². The molecule has 0 bridgehead atoms. The first-order valence-corrected chi connectivity index (χ1v) is 3.52. The number of hydrogen-bond donors (Lipinski definition) is 1. The maximum atomic E-state index is 4.04. The third-order valence-corrected chi connectivity index (χ3v) is 1.43. The summed E-state index contributed by atoms with van der Waals surface area (Å²) in [5.41, 5.74) is 0. The van der Waals surface area contributed by atoms with Gasteiger partial charge in [0.2, 0.25) is 0 Å². The van der Waals surface area contributed by atoms with Gasteiger partial charge in [0.15, 0.2) is 0 Å². The minimum atomic E-state index is 0.781. The SMILES string of the molecule is C=CCNc1ccsn1. The Morgan fingerprint density at radius 1 is 1.89 bits per heavy atom. The average molecular weight is 140 g/mol. The second kappa shape index (κ2) is 3.25. The summed E-state index contributed by atoms with van der Waals surface area (Å²) in [6.07, 6.45) is 1.80. The first-order valence-electron chi connectivity index (χ1n) is 2.68. The third kappa shape index (κ3) is 1.85. The van der Waals surface area contributed by atoms with Gasteiger partial charge in [-0.2, -0.15) is 4.37 Å². The van der Waals surface area contributed by atoms with Crippen molar-refractivity contribution in [2.24, 2.45) is 0 Å². The van der Waals surface area contributed by atoms with Crippen LogP contribution in [0, 0.1) is 0 Å². The van der Waals surface area contributed by atoms with Gasteiger partial charge in [0.05, 0.1) is 0 Å². The van der Waals surface area contributed by atoms with E-state index in [0.717, 1.165) is 12.4 Å². The molecule has 0 aromatic carbocycles. The van der Waals surface area contributed by atoms with Crippen molar-refractivity contribution < 1.29 is 0 Å². The van der Waals surface area contributed by atoms with E-state index >= 15 is 0 Å². The Kier molecular flexibility index (Phi) is 2.27. The summed E-state index contributed by atoms with van der Waals surface area (Å²) in [5.74, 6) is 0.930. The molecule has 0 aliphatic rings. The maximum Gasteiger partial charge on any atom is 0.139 e. The zero-order valence-electron chi connectivity index (χ0n) is 5.00. The van der Waals surface area contributed by atoms with Crippen molar-refractivity contribution in [3.8, 4) is 0 Å². The molecule has 1 rings (SSSR count). The van der Waals surface area contributed by atoms with E-state index in [1.165, 1.54) is 11.5 Å². The third-order valence-electron chi connectivity index (χ3n) is 0.865. The quantitative estimate of drug-likeness (QED) is 0.647. The van der Waals surface area contributed by atoms with Crippen LogP contribution in [0.3, 0.4) is 0 Å². The second-order valence-electron chi connectivity index (χ2n) is 1.55. The van der Waals surface area contributed by atoms with Crippen LogP contribution in [0.15, 0.2) is 24.1 Å². The van der Waals surface area contributed by atoms with E-state index in [-0.39, 0.29) is 0 Å². The van der Waals surface area contributed by atoms with Gasteiger partial charge in [-0.3, -0.25) is 0 Å². The minimum Gasteiger partial charge on any atom is -0.366 e. The Labute approximate surface area is 58.4 Å². The highest BCUT2D eigenvalue weighted by atomic mass is 32.1. The highest BCUT2D eigenvalue weighted by Gasteiger charge is 1.86. The average Bonchev–Trinajstić information content (AvgIpc) is 2.34. The standard InChI is InChI=1S/C6H8N2S/c1-2-4-7-6-3-5-9-8-6/h2-3,5H,1,4H2,(H,7,8). The first kappa shape index (κ1) is 6.29. The predicted octanol–water partition coefficient (Wildman–Crippen LogP) is 1.74. The summed E-state index contributed by atoms with van der Waals surface area (Å²) in [5, 5.41) is 4.99. The van der Waals surface area contributed by atoms with E-state index in [1.54, 1.807) is 6.08 Å². The van der Waals surface area contributed by atoms with Crippen LogP contribution in [0.1, 0.15) is 0 Å². The maximum absolute atomic E-state index is 4.04. The molecule has 48 valence electrons. The number of nitrogens with one attached hydrogen (secondary N) is 1. The van der Waals surface area contributed by atoms with Crippen molar-refractivity contribution in [1.29, 1.82) is 0 Å². The lowest BCUT2D eigenvalue weighted by atomic mass is 10.6. The molecule has 0 fully saturated rings. The minimum absolute atomic E-state index is 0.781. The fourth-order valence-electron chi connectivity index (χ4n) is 0.480. The molecule has 0 spiro atoms. The summed E-state index contributed by atoms with van der Waals surface area (Å²) in [4.78, 5) is 0. The normalized spacial score (nSPS) is 8.89. The Bertz CT molecular complexity index is 169. The number of rotatable bonds is 3. The fraction of sp³-hybridized carbons (Fsp3) is 0.167. The Balaban J connectivity index is 2.38. The zero-order chi connectivity index (χ0) is 6.53. The molecule has 0 amide bonds. The van der Waals surface area contributed by atoms with Crippen LogP contribution < -0.4 is 5.32 Å². The van der Waals surface area contributed by atoms with Gasteiger partial charge < -0.3 is 5.32 Å². The van der Waals surface area contributed by atoms with E-state index in [0.29, 0.717) is 0 Å². The van der Waals surface area contributed by atoms with Crippen LogP contribution in [0.4, 0.5) is 5.82 Å². The van der Waals surface area contributed by atoms with Gasteiger partial charge in [-0.05, 0) is 17.6 Å². The first-order chi connectivity index (χ1) is 4.43. The monoisotopic (exact) mass is 140 g/mol. The van der Waals surface area contributed by atoms with Crippen LogP contribution >= 0.6 is 11.5 Å². The van der Waals surface area contributed by atoms with Gasteiger partial charge >= 0.3 is 0 Å². The van der Waals surface area contributed by atoms with Crippen molar-refractivity contribution in [3.63, 3.8) is 0 Å². The lowest BCUT2D eigenvalue weighted by Crippen LogP contribution is -1.96. The Hall–Kier alpha value is -0.830. The van der Waals surface area contributed by atoms with E-state index in [1.807, 2.05) is 11.4 Å². The molecule has 1 aromatic heterocycles. The molecule has 3 heteroatoms. The van der Waals surface area contributed by atoms with Crippen LogP contribution in [-0.2, 0) is 0 Å². The number of nitrogens with zero attached hydrogens (tertiary/aromatic N) is 1. The van der Waals surface area contributed by atoms with E-state index in [9.17, 15) is 0 Å². The summed E-state index contributed by atoms with van der Waals surface area (Å²) in [7, 11) is 0. The largest absolute Gasteiger partial charge is 0.366 e. The van der Waals surface area contributed by atoms with Crippen molar-refractivity contribution in [2.75, 3.05) is 11.9 Å². The number of aromatic nitrogens is 1. The van der Waals surface area contributed by atoms with E-state index < -0.39 is 0 Å². The van der Waals surface area contributed by atoms with Crippen molar-refractivity contribution in [2.45, 2.75) is 0 Å². The molecule has 0 unspecified atom stereocenters. The summed E-state index contributed by atoms with van der Waals surface area (Å²) in [6.45, 7) is 4.35. The molecule has 0 aliphatic heterocycles. The second-order valence-corrected chi connectivity index (χ2v) is 2.22. The van der Waals surface area contributed by atoms with Gasteiger partial charge in [-0.15, -0.1) is 6.58 Å². The van der Waals surface area contributed by atoms with Crippen molar-refractivity contribution >= 4 is 17.4 Å². The molecular weight excluding hydrogens is 132 g/mol. The van der Waals surface area contributed by atoms with Gasteiger partial charge in [0.25, 0.3) is 0 Å². The van der Waals surface area contributed by atoms with Crippen LogP contribution in [0.2, 0.25) is 0 Å². The molecule has 0 saturated heterocycles. The number of hydrogen-bond acceptors (Lipinski definition) is 3. The molecule has 1 aromatic rings. The van der Waals surface area contributed by atoms with Gasteiger partial charge in [-0.1, -0.05) is 6.08 Å². The summed E-state index contributed by atoms with van der Waals surface area (Å²) < 4.78 is 4.04. The van der Waals surface area contributed by atoms with Gasteiger partial charge in [0.1, 0.15) is 5.82 Å². The lowest BCUT2D eigenvalue weighted by Gasteiger charge is -1.93. The lowest BCUT2D eigenvalue weighted by molar-refractivity contribution is 1.30. The Morgan fingerprint density at radius 2 is 2.78 bits per heavy atom. The predicted molar refractivity (Wildman–Crippen MR) is 40.8 cm³/mol. The van der Waals surface area contributed by atoms with Gasteiger partial charge in [0, 0.05) is 11.9 Å².